The van der Waals surface area contributed by atoms with Crippen molar-refractivity contribution in [2.24, 2.45) is 5.73 Å². The monoisotopic (exact) mass is 420 g/mol. The highest BCUT2D eigenvalue weighted by Gasteiger charge is 2.29. The number of rotatable bonds is 7. The van der Waals surface area contributed by atoms with Gasteiger partial charge in [0.05, 0.1) is 22.6 Å². The van der Waals surface area contributed by atoms with Crippen LogP contribution in [-0.2, 0) is 9.53 Å². The summed E-state index contributed by atoms with van der Waals surface area (Å²) in [6.07, 6.45) is 1.43. The van der Waals surface area contributed by atoms with Crippen LogP contribution in [0.4, 0.5) is 5.88 Å². The van der Waals surface area contributed by atoms with E-state index < -0.39 is 17.8 Å². The van der Waals surface area contributed by atoms with Crippen molar-refractivity contribution < 1.29 is 23.5 Å². The molecule has 3 aromatic rings. The Morgan fingerprint density at radius 3 is 2.82 bits per heavy atom. The average molecular weight is 420 g/mol. The molecule has 146 valence electrons. The number of esters is 1. The lowest BCUT2D eigenvalue weighted by molar-refractivity contribution is -0.113. The molecule has 0 aliphatic rings. The lowest BCUT2D eigenvalue weighted by Gasteiger charge is -2.05. The number of ether oxygens (including phenoxy) is 1. The fourth-order valence-corrected chi connectivity index (χ4v) is 4.23. The second-order valence-corrected chi connectivity index (χ2v) is 7.35. The van der Waals surface area contributed by atoms with Crippen molar-refractivity contribution in [2.75, 3.05) is 17.7 Å². The molecule has 9 nitrogen and oxygen atoms in total. The third-order valence-electron chi connectivity index (χ3n) is 3.61. The van der Waals surface area contributed by atoms with Crippen molar-refractivity contribution >= 4 is 57.0 Å². The molecule has 0 bridgehead atoms. The van der Waals surface area contributed by atoms with E-state index in [1.165, 1.54) is 36.3 Å². The smallest absolute Gasteiger partial charge is 0.342 e. The average Bonchev–Trinajstić information content (AvgIpc) is 3.24. The molecule has 0 aliphatic heterocycles. The normalized spacial score (nSPS) is 10.8. The molecular formula is C17H16N4O5S2. The Morgan fingerprint density at radius 1 is 1.32 bits per heavy atom. The van der Waals surface area contributed by atoms with Crippen LogP contribution in [0.5, 0.6) is 0 Å². The maximum atomic E-state index is 12.4. The third kappa shape index (κ3) is 3.99. The minimum atomic E-state index is -0.904. The van der Waals surface area contributed by atoms with Crippen molar-refractivity contribution in [2.45, 2.75) is 18.9 Å². The Kier molecular flexibility index (Phi) is 5.95. The summed E-state index contributed by atoms with van der Waals surface area (Å²) in [6.45, 7) is 3.24. The highest BCUT2D eigenvalue weighted by Crippen LogP contribution is 2.30. The molecule has 0 aliphatic carbocycles. The number of carbonyl (C=O) groups is 3. The van der Waals surface area contributed by atoms with Gasteiger partial charge < -0.3 is 14.9 Å². The summed E-state index contributed by atoms with van der Waals surface area (Å²) < 4.78 is 11.2. The lowest BCUT2D eigenvalue weighted by Crippen LogP contribution is -2.21. The van der Waals surface area contributed by atoms with Crippen LogP contribution < -0.4 is 11.1 Å². The Balaban J connectivity index is 1.77. The van der Waals surface area contributed by atoms with Gasteiger partial charge in [0.1, 0.15) is 28.2 Å². The van der Waals surface area contributed by atoms with Crippen LogP contribution in [-0.4, -0.2) is 40.1 Å². The fourth-order valence-electron chi connectivity index (χ4n) is 2.48. The van der Waals surface area contributed by atoms with Gasteiger partial charge in [-0.2, -0.15) is 0 Å². The number of nitrogens with two attached hydrogens (primary N) is 1. The van der Waals surface area contributed by atoms with E-state index in [0.717, 1.165) is 10.2 Å². The Bertz CT molecular complexity index is 1060. The number of thiophene rings is 1. The van der Waals surface area contributed by atoms with Gasteiger partial charge in [0.2, 0.25) is 11.8 Å². The van der Waals surface area contributed by atoms with Crippen LogP contribution in [0.2, 0.25) is 0 Å². The van der Waals surface area contributed by atoms with E-state index in [1.54, 1.807) is 6.92 Å². The van der Waals surface area contributed by atoms with Crippen molar-refractivity contribution in [3.63, 3.8) is 0 Å². The summed E-state index contributed by atoms with van der Waals surface area (Å²) in [5.74, 6) is -2.13. The van der Waals surface area contributed by atoms with Gasteiger partial charge in [0, 0.05) is 0 Å². The summed E-state index contributed by atoms with van der Waals surface area (Å²) >= 11 is 2.70. The first kappa shape index (κ1) is 19.8. The number of carbonyl (C=O) groups excluding carboxylic acids is 3. The molecule has 0 saturated heterocycles. The zero-order chi connectivity index (χ0) is 20.3. The Labute approximate surface area is 167 Å². The fraction of sp³-hybridized carbons (Fsp3) is 0.235. The van der Waals surface area contributed by atoms with E-state index in [9.17, 15) is 14.4 Å². The van der Waals surface area contributed by atoms with Crippen LogP contribution in [0.1, 0.15) is 33.4 Å². The number of anilines is 1. The van der Waals surface area contributed by atoms with E-state index in [0.29, 0.717) is 5.03 Å². The molecule has 0 fully saturated rings. The molecule has 0 aromatic carbocycles. The SMILES string of the molecule is CCOC(=O)c1c(C)oc(NC(=O)CSc2ncnc3ccsc23)c1C(N)=O. The number of furan rings is 1. The first-order valence-corrected chi connectivity index (χ1v) is 10.00. The van der Waals surface area contributed by atoms with Gasteiger partial charge in [-0.05, 0) is 25.3 Å². The molecule has 3 N–H and O–H groups in total. The standard InChI is InChI=1S/C17H16N4O5S2/c1-3-25-17(24)11-8(2)26-15(12(11)14(18)23)21-10(22)6-28-16-13-9(4-5-27-13)19-7-20-16/h4-5,7H,3,6H2,1-2H3,(H2,18,23)(H,21,22). The number of thioether (sulfide) groups is 1. The van der Waals surface area contributed by atoms with Crippen molar-refractivity contribution in [1.82, 2.24) is 9.97 Å². The van der Waals surface area contributed by atoms with Gasteiger partial charge in [0.25, 0.3) is 5.91 Å². The zero-order valence-corrected chi connectivity index (χ0v) is 16.6. The molecule has 0 spiro atoms. The molecule has 3 aromatic heterocycles. The number of aryl methyl sites for hydroxylation is 1. The van der Waals surface area contributed by atoms with Crippen molar-refractivity contribution in [3.05, 3.63) is 34.7 Å². The van der Waals surface area contributed by atoms with Gasteiger partial charge in [-0.25, -0.2) is 14.8 Å². The molecule has 11 heteroatoms. The van der Waals surface area contributed by atoms with E-state index in [2.05, 4.69) is 15.3 Å². The maximum Gasteiger partial charge on any atom is 0.342 e. The number of amides is 2. The first-order chi connectivity index (χ1) is 13.4. The minimum Gasteiger partial charge on any atom is -0.462 e. The highest BCUT2D eigenvalue weighted by molar-refractivity contribution is 8.00. The van der Waals surface area contributed by atoms with E-state index in [1.807, 2.05) is 11.4 Å². The van der Waals surface area contributed by atoms with E-state index in [-0.39, 0.29) is 35.1 Å². The van der Waals surface area contributed by atoms with Crippen molar-refractivity contribution in [3.8, 4) is 0 Å². The van der Waals surface area contributed by atoms with Crippen LogP contribution in [0, 0.1) is 6.92 Å². The molecule has 28 heavy (non-hydrogen) atoms. The molecule has 0 atom stereocenters. The van der Waals surface area contributed by atoms with Gasteiger partial charge in [-0.1, -0.05) is 11.8 Å². The largest absolute Gasteiger partial charge is 0.462 e. The molecular weight excluding hydrogens is 404 g/mol. The molecule has 0 saturated carbocycles. The molecule has 3 heterocycles. The summed E-state index contributed by atoms with van der Waals surface area (Å²) in [7, 11) is 0. The van der Waals surface area contributed by atoms with Gasteiger partial charge in [-0.15, -0.1) is 11.3 Å². The summed E-state index contributed by atoms with van der Waals surface area (Å²) in [4.78, 5) is 44.6. The predicted octanol–water partition coefficient (Wildman–Crippen LogP) is 2.60. The third-order valence-corrected chi connectivity index (χ3v) is 5.64. The molecule has 2 amide bonds. The minimum absolute atomic E-state index is 0.0106. The number of aromatic nitrogens is 2. The quantitative estimate of drug-likeness (QED) is 0.338. The summed E-state index contributed by atoms with van der Waals surface area (Å²) in [5.41, 5.74) is 5.88. The predicted molar refractivity (Wildman–Crippen MR) is 105 cm³/mol. The number of primary amides is 1. The maximum absolute atomic E-state index is 12.4. The molecule has 3 rings (SSSR count). The number of hydrogen-bond donors (Lipinski definition) is 2. The summed E-state index contributed by atoms with van der Waals surface area (Å²) in [6, 6.07) is 1.87. The molecule has 0 unspecified atom stereocenters. The second kappa shape index (κ2) is 8.40. The van der Waals surface area contributed by atoms with E-state index in [4.69, 9.17) is 14.9 Å². The van der Waals surface area contributed by atoms with Crippen LogP contribution in [0.25, 0.3) is 10.2 Å². The number of nitrogens with zero attached hydrogens (tertiary/aromatic N) is 2. The second-order valence-electron chi connectivity index (χ2n) is 5.47. The van der Waals surface area contributed by atoms with Crippen LogP contribution in [0.3, 0.4) is 0 Å². The number of nitrogens with one attached hydrogen (secondary N) is 1. The number of hydrogen-bond acceptors (Lipinski definition) is 9. The van der Waals surface area contributed by atoms with Crippen LogP contribution >= 0.6 is 23.1 Å². The van der Waals surface area contributed by atoms with E-state index >= 15 is 0 Å². The molecule has 0 radical (unpaired) electrons. The Morgan fingerprint density at radius 2 is 2.11 bits per heavy atom. The Hall–Kier alpha value is -2.92. The zero-order valence-electron chi connectivity index (χ0n) is 15.0. The summed E-state index contributed by atoms with van der Waals surface area (Å²) in [5, 5.41) is 5.06. The topological polar surface area (TPSA) is 137 Å². The van der Waals surface area contributed by atoms with Crippen molar-refractivity contribution in [1.29, 1.82) is 0 Å². The lowest BCUT2D eigenvalue weighted by atomic mass is 10.1. The van der Waals surface area contributed by atoms with Gasteiger partial charge >= 0.3 is 5.97 Å². The number of fused-ring (bicyclic) bond motifs is 1. The van der Waals surface area contributed by atoms with Gasteiger partial charge in [-0.3, -0.25) is 14.9 Å². The first-order valence-electron chi connectivity index (χ1n) is 8.13. The van der Waals surface area contributed by atoms with Crippen LogP contribution in [0.15, 0.2) is 27.2 Å². The highest BCUT2D eigenvalue weighted by atomic mass is 32.2. The van der Waals surface area contributed by atoms with Gasteiger partial charge in [0.15, 0.2) is 0 Å².